The summed E-state index contributed by atoms with van der Waals surface area (Å²) in [7, 11) is 1.40. The molecule has 0 N–H and O–H groups in total. The third kappa shape index (κ3) is 9.52. The number of ether oxygens (including phenoxy) is 2. The van der Waals surface area contributed by atoms with Crippen LogP contribution in [0.3, 0.4) is 0 Å². The van der Waals surface area contributed by atoms with E-state index >= 15 is 0 Å². The summed E-state index contributed by atoms with van der Waals surface area (Å²) in [5.74, 6) is -4.14. The van der Waals surface area contributed by atoms with Crippen LogP contribution in [0.5, 0.6) is 6.01 Å². The molecule has 0 aromatic carbocycles. The first-order valence-electron chi connectivity index (χ1n) is 6.48. The molecule has 0 fully saturated rings. The standard InChI is InChI=1S/C10H12F2N2O.C5H9O2.Li/c1-4-10(11,12)7(2)8-5-13-9(15-3)14-6-8;1-5(2,3)7-4-6;/h5-7H,1-2,4H2,3H3;1-3H3;/q-2;-1;+1. The van der Waals surface area contributed by atoms with Crippen LogP contribution >= 0.6 is 0 Å². The first-order valence-corrected chi connectivity index (χ1v) is 6.48. The number of alkyl halides is 2. The van der Waals surface area contributed by atoms with Gasteiger partial charge in [0.15, 0.2) is 0 Å². The van der Waals surface area contributed by atoms with Gasteiger partial charge in [-0.25, -0.2) is 18.7 Å². The van der Waals surface area contributed by atoms with Crippen LogP contribution in [0.4, 0.5) is 8.78 Å². The van der Waals surface area contributed by atoms with Gasteiger partial charge < -0.3 is 28.1 Å². The quantitative estimate of drug-likeness (QED) is 0.570. The van der Waals surface area contributed by atoms with Crippen molar-refractivity contribution in [2.24, 2.45) is 0 Å². The van der Waals surface area contributed by atoms with E-state index in [0.29, 0.717) is 0 Å². The van der Waals surface area contributed by atoms with E-state index in [4.69, 9.17) is 4.74 Å². The molecule has 0 amide bonds. The molecule has 23 heavy (non-hydrogen) atoms. The smallest absolute Gasteiger partial charge is 0.649 e. The minimum Gasteiger partial charge on any atom is -0.649 e. The van der Waals surface area contributed by atoms with E-state index in [1.165, 1.54) is 26.0 Å². The Morgan fingerprint density at radius 2 is 1.78 bits per heavy atom. The van der Waals surface area contributed by atoms with Gasteiger partial charge in [0.1, 0.15) is 0 Å². The average Bonchev–Trinajstić information content (AvgIpc) is 2.46. The Morgan fingerprint density at radius 1 is 1.30 bits per heavy atom. The van der Waals surface area contributed by atoms with Crippen molar-refractivity contribution in [1.82, 2.24) is 9.97 Å². The molecule has 0 bridgehead atoms. The summed E-state index contributed by atoms with van der Waals surface area (Å²) in [4.78, 5) is 17.0. The van der Waals surface area contributed by atoms with Crippen molar-refractivity contribution in [2.75, 3.05) is 7.11 Å². The van der Waals surface area contributed by atoms with E-state index in [9.17, 15) is 13.6 Å². The van der Waals surface area contributed by atoms with Gasteiger partial charge >= 0.3 is 24.9 Å². The van der Waals surface area contributed by atoms with Gasteiger partial charge in [-0.15, -0.1) is 6.42 Å². The van der Waals surface area contributed by atoms with Crippen LogP contribution in [-0.2, 0) is 9.53 Å². The summed E-state index contributed by atoms with van der Waals surface area (Å²) in [6.07, 6.45) is 2.06. The molecule has 0 spiro atoms. The molecule has 1 atom stereocenters. The van der Waals surface area contributed by atoms with Gasteiger partial charge in [-0.1, -0.05) is 12.4 Å². The van der Waals surface area contributed by atoms with Gasteiger partial charge in [-0.3, -0.25) is 0 Å². The number of hydrogen-bond acceptors (Lipinski definition) is 5. The molecule has 0 radical (unpaired) electrons. The van der Waals surface area contributed by atoms with Gasteiger partial charge in [0.05, 0.1) is 12.7 Å². The molecular formula is C15H21F2LiN2O3-2. The Balaban J connectivity index is 0. The van der Waals surface area contributed by atoms with E-state index in [1.54, 1.807) is 20.8 Å². The fourth-order valence-corrected chi connectivity index (χ4v) is 1.15. The molecule has 0 aliphatic heterocycles. The molecule has 0 aliphatic carbocycles. The Morgan fingerprint density at radius 3 is 2.04 bits per heavy atom. The van der Waals surface area contributed by atoms with Crippen molar-refractivity contribution in [1.29, 1.82) is 0 Å². The van der Waals surface area contributed by atoms with Crippen LogP contribution in [-0.4, -0.2) is 35.1 Å². The number of nitrogens with zero attached hydrogens (tertiary/aromatic N) is 2. The molecule has 1 aromatic heterocycles. The number of methoxy groups -OCH3 is 1. The van der Waals surface area contributed by atoms with E-state index in [-0.39, 0.29) is 36.0 Å². The molecule has 0 saturated heterocycles. The minimum absolute atomic E-state index is 0. The Bertz CT molecular complexity index is 451. The summed E-state index contributed by atoms with van der Waals surface area (Å²) < 4.78 is 35.5. The second kappa shape index (κ2) is 10.6. The van der Waals surface area contributed by atoms with Crippen LogP contribution in [0.15, 0.2) is 12.4 Å². The summed E-state index contributed by atoms with van der Waals surface area (Å²) >= 11 is 0. The maximum absolute atomic E-state index is 13.2. The molecule has 5 nitrogen and oxygen atoms in total. The molecule has 0 aliphatic rings. The first kappa shape index (κ1) is 24.1. The van der Waals surface area contributed by atoms with Crippen molar-refractivity contribution in [3.63, 3.8) is 0 Å². The third-order valence-corrected chi connectivity index (χ3v) is 2.42. The molecule has 126 valence electrons. The van der Waals surface area contributed by atoms with Crippen molar-refractivity contribution in [3.8, 4) is 6.01 Å². The summed E-state index contributed by atoms with van der Waals surface area (Å²) in [6, 6.07) is 0.142. The predicted octanol–water partition coefficient (Wildman–Crippen LogP) is 0.135. The number of aromatic nitrogens is 2. The van der Waals surface area contributed by atoms with Crippen molar-refractivity contribution in [3.05, 3.63) is 31.8 Å². The molecule has 0 saturated carbocycles. The summed E-state index contributed by atoms with van der Waals surface area (Å²) in [5.41, 5.74) is -0.105. The maximum Gasteiger partial charge on any atom is 1.00 e. The van der Waals surface area contributed by atoms with E-state index in [1.807, 2.05) is 0 Å². The number of carbonyl (C=O) groups excluding carboxylic acids is 1. The largest absolute Gasteiger partial charge is 1.00 e. The van der Waals surface area contributed by atoms with Gasteiger partial charge in [0, 0.05) is 12.4 Å². The van der Waals surface area contributed by atoms with Gasteiger partial charge in [0.25, 0.3) is 0 Å². The van der Waals surface area contributed by atoms with Crippen LogP contribution in [0, 0.1) is 13.8 Å². The summed E-state index contributed by atoms with van der Waals surface area (Å²) in [6.45, 7) is 13.3. The first-order chi connectivity index (χ1) is 10.1. The van der Waals surface area contributed by atoms with Crippen LogP contribution in [0.25, 0.3) is 0 Å². The normalized spacial score (nSPS) is 12.2. The van der Waals surface area contributed by atoms with Crippen molar-refractivity contribution >= 4 is 6.47 Å². The average molecular weight is 322 g/mol. The molecule has 1 heterocycles. The van der Waals surface area contributed by atoms with Crippen molar-refractivity contribution in [2.45, 2.75) is 44.6 Å². The Hall–Kier alpha value is -1.19. The third-order valence-electron chi connectivity index (χ3n) is 2.42. The second-order valence-electron chi connectivity index (χ2n) is 5.36. The molecular weight excluding hydrogens is 301 g/mol. The zero-order chi connectivity index (χ0) is 17.4. The van der Waals surface area contributed by atoms with E-state index < -0.39 is 18.3 Å². The molecule has 1 unspecified atom stereocenters. The van der Waals surface area contributed by atoms with Crippen molar-refractivity contribution < 1.29 is 41.9 Å². The topological polar surface area (TPSA) is 61.3 Å². The maximum atomic E-state index is 13.2. The SMILES string of the molecule is CC(C)(C)O[C-]=O.[CH2-]CC(F)(F)C([CH2-])c1cnc(OC)nc1.[Li+]. The monoisotopic (exact) mass is 322 g/mol. The van der Waals surface area contributed by atoms with E-state index in [2.05, 4.69) is 28.6 Å². The zero-order valence-corrected chi connectivity index (χ0v) is 14.2. The second-order valence-corrected chi connectivity index (χ2v) is 5.36. The fourth-order valence-electron chi connectivity index (χ4n) is 1.15. The Kier molecular flexibility index (Phi) is 11.0. The molecule has 1 rings (SSSR count). The minimum atomic E-state index is -2.95. The fraction of sp³-hybridized carbons (Fsp3) is 0.533. The van der Waals surface area contributed by atoms with Gasteiger partial charge in [-0.2, -0.15) is 0 Å². The van der Waals surface area contributed by atoms with Gasteiger partial charge in [0.2, 0.25) is 5.92 Å². The van der Waals surface area contributed by atoms with E-state index in [0.717, 1.165) is 0 Å². The number of rotatable bonds is 5. The molecule has 1 aromatic rings. The predicted molar refractivity (Wildman–Crippen MR) is 78.1 cm³/mol. The number of halogens is 2. The molecule has 8 heteroatoms. The van der Waals surface area contributed by atoms with Gasteiger partial charge in [-0.05, 0) is 26.3 Å². The number of hydrogen-bond donors (Lipinski definition) is 0. The van der Waals surface area contributed by atoms with Crippen LogP contribution in [0.2, 0.25) is 0 Å². The Labute approximate surface area is 148 Å². The summed E-state index contributed by atoms with van der Waals surface area (Å²) in [5, 5.41) is 0. The van der Waals surface area contributed by atoms with Crippen LogP contribution in [0.1, 0.15) is 38.7 Å². The van der Waals surface area contributed by atoms with Crippen LogP contribution < -0.4 is 23.6 Å². The zero-order valence-electron chi connectivity index (χ0n) is 14.2.